The van der Waals surface area contributed by atoms with Crippen molar-refractivity contribution < 1.29 is 9.53 Å². The minimum absolute atomic E-state index is 0.0254. The van der Waals surface area contributed by atoms with E-state index in [0.29, 0.717) is 15.8 Å². The van der Waals surface area contributed by atoms with Crippen LogP contribution in [0.4, 0.5) is 0 Å². The first-order valence-electron chi connectivity index (χ1n) is 6.06. The molecule has 1 atom stereocenters. The average Bonchev–Trinajstić information content (AvgIpc) is 2.74. The van der Waals surface area contributed by atoms with Crippen molar-refractivity contribution in [3.63, 3.8) is 0 Å². The molecule has 0 aliphatic carbocycles. The summed E-state index contributed by atoms with van der Waals surface area (Å²) in [7, 11) is 0. The molecule has 0 aromatic carbocycles. The summed E-state index contributed by atoms with van der Waals surface area (Å²) >= 11 is 7.10. The summed E-state index contributed by atoms with van der Waals surface area (Å²) < 4.78 is 6.17. The lowest BCUT2D eigenvalue weighted by atomic mass is 10.2. The van der Waals surface area contributed by atoms with Gasteiger partial charge in [0.2, 0.25) is 5.78 Å². The molecule has 0 bridgehead atoms. The van der Waals surface area contributed by atoms with Crippen LogP contribution in [0.2, 0.25) is 4.34 Å². The number of halogens is 1. The fraction of sp³-hybridized carbons (Fsp3) is 0.615. The van der Waals surface area contributed by atoms with Gasteiger partial charge in [-0.05, 0) is 25.5 Å². The third kappa shape index (κ3) is 5.19. The number of hydrogen-bond donors (Lipinski definition) is 0. The summed E-state index contributed by atoms with van der Waals surface area (Å²) in [6, 6.07) is 3.50. The van der Waals surface area contributed by atoms with E-state index in [1.54, 1.807) is 19.1 Å². The molecule has 0 N–H and O–H groups in total. The largest absolute Gasteiger partial charge is 0.370 e. The number of unbranched alkanes of at least 4 members (excludes halogenated alkanes) is 3. The SMILES string of the molecule is CCCCCCOC(C)C(=O)c1ccc(Cl)s1. The molecule has 0 fully saturated rings. The van der Waals surface area contributed by atoms with Crippen LogP contribution >= 0.6 is 22.9 Å². The highest BCUT2D eigenvalue weighted by Gasteiger charge is 2.17. The number of ketones is 1. The molecule has 0 saturated heterocycles. The zero-order valence-electron chi connectivity index (χ0n) is 10.4. The highest BCUT2D eigenvalue weighted by atomic mass is 35.5. The van der Waals surface area contributed by atoms with Crippen molar-refractivity contribution in [1.29, 1.82) is 0 Å². The minimum atomic E-state index is -0.369. The van der Waals surface area contributed by atoms with E-state index in [1.807, 2.05) is 0 Å². The van der Waals surface area contributed by atoms with Gasteiger partial charge in [0, 0.05) is 6.61 Å². The van der Waals surface area contributed by atoms with E-state index in [1.165, 1.54) is 30.6 Å². The first-order chi connectivity index (χ1) is 8.15. The Labute approximate surface area is 112 Å². The van der Waals surface area contributed by atoms with E-state index in [-0.39, 0.29) is 11.9 Å². The van der Waals surface area contributed by atoms with E-state index in [9.17, 15) is 4.79 Å². The summed E-state index contributed by atoms with van der Waals surface area (Å²) in [5.74, 6) is 0.0254. The number of Topliss-reactive ketones (excluding diaryl/α,β-unsaturated/α-hetero) is 1. The van der Waals surface area contributed by atoms with Gasteiger partial charge in [0.05, 0.1) is 9.21 Å². The maximum Gasteiger partial charge on any atom is 0.201 e. The average molecular weight is 275 g/mol. The molecule has 1 aromatic rings. The fourth-order valence-electron chi connectivity index (χ4n) is 1.51. The van der Waals surface area contributed by atoms with Crippen LogP contribution in [0.3, 0.4) is 0 Å². The van der Waals surface area contributed by atoms with Gasteiger partial charge < -0.3 is 4.74 Å². The molecule has 1 aromatic heterocycles. The Bertz CT molecular complexity index is 349. The van der Waals surface area contributed by atoms with Crippen molar-refractivity contribution in [2.75, 3.05) is 6.61 Å². The summed E-state index contributed by atoms with van der Waals surface area (Å²) in [4.78, 5) is 12.6. The zero-order valence-corrected chi connectivity index (χ0v) is 11.9. The Morgan fingerprint density at radius 3 is 2.76 bits per heavy atom. The molecule has 4 heteroatoms. The summed E-state index contributed by atoms with van der Waals surface area (Å²) in [5.41, 5.74) is 0. The van der Waals surface area contributed by atoms with Crippen LogP contribution in [0, 0.1) is 0 Å². The minimum Gasteiger partial charge on any atom is -0.370 e. The fourth-order valence-corrected chi connectivity index (χ4v) is 2.57. The van der Waals surface area contributed by atoms with E-state index in [0.717, 1.165) is 6.42 Å². The van der Waals surface area contributed by atoms with Crippen molar-refractivity contribution in [3.05, 3.63) is 21.3 Å². The molecule has 0 amide bonds. The van der Waals surface area contributed by atoms with E-state index >= 15 is 0 Å². The van der Waals surface area contributed by atoms with Crippen LogP contribution in [0.1, 0.15) is 49.2 Å². The van der Waals surface area contributed by atoms with Crippen molar-refractivity contribution in [2.24, 2.45) is 0 Å². The van der Waals surface area contributed by atoms with E-state index in [4.69, 9.17) is 16.3 Å². The Hall–Kier alpha value is -0.380. The molecule has 0 saturated carbocycles. The van der Waals surface area contributed by atoms with Gasteiger partial charge in [-0.2, -0.15) is 0 Å². The van der Waals surface area contributed by atoms with Gasteiger partial charge >= 0.3 is 0 Å². The van der Waals surface area contributed by atoms with Crippen molar-refractivity contribution >= 4 is 28.7 Å². The first-order valence-corrected chi connectivity index (χ1v) is 7.25. The molecule has 1 rings (SSSR count). The van der Waals surface area contributed by atoms with Crippen LogP contribution in [-0.2, 0) is 4.74 Å². The standard InChI is InChI=1S/C13H19ClO2S/c1-3-4-5-6-9-16-10(2)13(15)11-7-8-12(14)17-11/h7-8,10H,3-6,9H2,1-2H3. The quantitative estimate of drug-likeness (QED) is 0.513. The predicted molar refractivity (Wildman–Crippen MR) is 73.2 cm³/mol. The van der Waals surface area contributed by atoms with Gasteiger partial charge in [-0.15, -0.1) is 11.3 Å². The lowest BCUT2D eigenvalue weighted by Gasteiger charge is -2.10. The topological polar surface area (TPSA) is 26.3 Å². The molecule has 96 valence electrons. The number of thiophene rings is 1. The zero-order chi connectivity index (χ0) is 12.7. The molecule has 0 spiro atoms. The van der Waals surface area contributed by atoms with Gasteiger partial charge in [-0.1, -0.05) is 37.8 Å². The maximum absolute atomic E-state index is 11.9. The summed E-state index contributed by atoms with van der Waals surface area (Å²) in [6.07, 6.45) is 4.26. The highest BCUT2D eigenvalue weighted by Crippen LogP contribution is 2.23. The van der Waals surface area contributed by atoms with Crippen molar-refractivity contribution in [3.8, 4) is 0 Å². The molecular weight excluding hydrogens is 256 g/mol. The third-order valence-corrected chi connectivity index (χ3v) is 3.80. The predicted octanol–water partition coefficient (Wildman–Crippen LogP) is 4.57. The van der Waals surface area contributed by atoms with Gasteiger partial charge in [-0.3, -0.25) is 4.79 Å². The molecule has 1 unspecified atom stereocenters. The third-order valence-electron chi connectivity index (χ3n) is 2.55. The molecule has 17 heavy (non-hydrogen) atoms. The number of ether oxygens (including phenoxy) is 1. The molecule has 1 heterocycles. The second-order valence-corrected chi connectivity index (χ2v) is 5.76. The van der Waals surface area contributed by atoms with Gasteiger partial charge in [0.1, 0.15) is 6.10 Å². The molecule has 0 aliphatic rings. The van der Waals surface area contributed by atoms with Crippen molar-refractivity contribution in [1.82, 2.24) is 0 Å². The Morgan fingerprint density at radius 2 is 2.18 bits per heavy atom. The number of hydrogen-bond acceptors (Lipinski definition) is 3. The first kappa shape index (κ1) is 14.7. The molecule has 2 nitrogen and oxygen atoms in total. The maximum atomic E-state index is 11.9. The van der Waals surface area contributed by atoms with Gasteiger partial charge in [-0.25, -0.2) is 0 Å². The highest BCUT2D eigenvalue weighted by molar-refractivity contribution is 7.18. The van der Waals surface area contributed by atoms with Crippen LogP contribution in [0.25, 0.3) is 0 Å². The monoisotopic (exact) mass is 274 g/mol. The van der Waals surface area contributed by atoms with E-state index in [2.05, 4.69) is 6.92 Å². The van der Waals surface area contributed by atoms with Gasteiger partial charge in [0.25, 0.3) is 0 Å². The number of carbonyl (C=O) groups is 1. The van der Waals surface area contributed by atoms with Crippen molar-refractivity contribution in [2.45, 2.75) is 45.6 Å². The number of rotatable bonds is 8. The Morgan fingerprint density at radius 1 is 1.41 bits per heavy atom. The lowest BCUT2D eigenvalue weighted by Crippen LogP contribution is -2.20. The Kier molecular flexibility index (Phi) is 6.78. The Balaban J connectivity index is 2.27. The van der Waals surface area contributed by atoms with Crippen LogP contribution in [0.15, 0.2) is 12.1 Å². The van der Waals surface area contributed by atoms with E-state index < -0.39 is 0 Å². The number of carbonyl (C=O) groups excluding carboxylic acids is 1. The van der Waals surface area contributed by atoms with Crippen LogP contribution in [-0.4, -0.2) is 18.5 Å². The molecule has 0 radical (unpaired) electrons. The molecule has 0 aliphatic heterocycles. The normalized spacial score (nSPS) is 12.6. The summed E-state index contributed by atoms with van der Waals surface area (Å²) in [5, 5.41) is 0. The van der Waals surface area contributed by atoms with Gasteiger partial charge in [0.15, 0.2) is 0 Å². The summed E-state index contributed by atoms with van der Waals surface area (Å²) in [6.45, 7) is 4.63. The lowest BCUT2D eigenvalue weighted by molar-refractivity contribution is 0.0468. The smallest absolute Gasteiger partial charge is 0.201 e. The molecular formula is C13H19ClO2S. The second-order valence-electron chi connectivity index (χ2n) is 4.04. The van der Waals surface area contributed by atoms with Crippen LogP contribution in [0.5, 0.6) is 0 Å². The second kappa shape index (κ2) is 7.85. The van der Waals surface area contributed by atoms with Crippen LogP contribution < -0.4 is 0 Å².